The van der Waals surface area contributed by atoms with E-state index in [0.29, 0.717) is 12.5 Å². The van der Waals surface area contributed by atoms with Crippen LogP contribution in [0.1, 0.15) is 52.9 Å². The van der Waals surface area contributed by atoms with Crippen LogP contribution >= 0.6 is 0 Å². The van der Waals surface area contributed by atoms with E-state index in [2.05, 4.69) is 19.2 Å². The smallest absolute Gasteiger partial charge is 0.325 e. The molecule has 0 aliphatic carbocycles. The van der Waals surface area contributed by atoms with Gasteiger partial charge in [-0.25, -0.2) is 0 Å². The van der Waals surface area contributed by atoms with Crippen molar-refractivity contribution < 1.29 is 14.3 Å². The van der Waals surface area contributed by atoms with Crippen molar-refractivity contribution in [2.24, 2.45) is 5.92 Å². The molecule has 0 bridgehead atoms. The van der Waals surface area contributed by atoms with E-state index in [4.69, 9.17) is 4.74 Å². The number of carbonyl (C=O) groups excluding carboxylic acids is 2. The van der Waals surface area contributed by atoms with E-state index >= 15 is 0 Å². The standard InChI is InChI=1S/C16H30N2O3/c1-5-13(6-2)11-18(12-14(19)21-4)15(20)16(7-3)9-8-10-17-16/h13,17H,5-12H2,1-4H3. The molecule has 1 fully saturated rings. The van der Waals surface area contributed by atoms with E-state index in [0.717, 1.165) is 38.6 Å². The normalized spacial score (nSPS) is 21.6. The number of hydrogen-bond acceptors (Lipinski definition) is 4. The third-order valence-corrected chi connectivity index (χ3v) is 4.72. The first-order valence-electron chi connectivity index (χ1n) is 8.14. The maximum absolute atomic E-state index is 13.0. The number of nitrogens with zero attached hydrogens (tertiary/aromatic N) is 1. The van der Waals surface area contributed by atoms with Gasteiger partial charge in [0.15, 0.2) is 0 Å². The van der Waals surface area contributed by atoms with Crippen LogP contribution in [0, 0.1) is 5.92 Å². The van der Waals surface area contributed by atoms with Gasteiger partial charge in [-0.1, -0.05) is 33.6 Å². The minimum Gasteiger partial charge on any atom is -0.468 e. The van der Waals surface area contributed by atoms with Crippen LogP contribution in [0.3, 0.4) is 0 Å². The zero-order valence-electron chi connectivity index (χ0n) is 13.9. The van der Waals surface area contributed by atoms with Gasteiger partial charge in [0.2, 0.25) is 5.91 Å². The predicted octanol–water partition coefficient (Wildman–Crippen LogP) is 1.96. The van der Waals surface area contributed by atoms with Crippen LogP contribution in [0.5, 0.6) is 0 Å². The molecule has 0 aromatic heterocycles. The summed E-state index contributed by atoms with van der Waals surface area (Å²) in [7, 11) is 1.37. The van der Waals surface area contributed by atoms with Gasteiger partial charge in [0.25, 0.3) is 0 Å². The van der Waals surface area contributed by atoms with Gasteiger partial charge in [-0.05, 0) is 31.7 Å². The highest BCUT2D eigenvalue weighted by Crippen LogP contribution is 2.26. The van der Waals surface area contributed by atoms with Crippen molar-refractivity contribution in [2.45, 2.75) is 58.4 Å². The molecule has 1 N–H and O–H groups in total. The highest BCUT2D eigenvalue weighted by Gasteiger charge is 2.42. The fraction of sp³-hybridized carbons (Fsp3) is 0.875. The average Bonchev–Trinajstić information content (AvgIpc) is 3.00. The molecule has 1 unspecified atom stereocenters. The van der Waals surface area contributed by atoms with Crippen LogP contribution in [0.25, 0.3) is 0 Å². The Morgan fingerprint density at radius 1 is 1.29 bits per heavy atom. The number of rotatable bonds is 8. The quantitative estimate of drug-likeness (QED) is 0.696. The largest absolute Gasteiger partial charge is 0.468 e. The topological polar surface area (TPSA) is 58.6 Å². The molecule has 1 heterocycles. The zero-order chi connectivity index (χ0) is 15.9. The van der Waals surface area contributed by atoms with Crippen molar-refractivity contribution in [1.29, 1.82) is 0 Å². The van der Waals surface area contributed by atoms with Crippen molar-refractivity contribution in [3.05, 3.63) is 0 Å². The maximum atomic E-state index is 13.0. The summed E-state index contributed by atoms with van der Waals surface area (Å²) < 4.78 is 4.76. The molecule has 1 aliphatic heterocycles. The summed E-state index contributed by atoms with van der Waals surface area (Å²) in [5, 5.41) is 3.36. The minimum absolute atomic E-state index is 0.0509. The summed E-state index contributed by atoms with van der Waals surface area (Å²) >= 11 is 0. The number of carbonyl (C=O) groups is 2. The molecule has 0 spiro atoms. The maximum Gasteiger partial charge on any atom is 0.325 e. The molecular weight excluding hydrogens is 268 g/mol. The lowest BCUT2D eigenvalue weighted by atomic mass is 9.91. The molecule has 1 rings (SSSR count). The van der Waals surface area contributed by atoms with E-state index in [9.17, 15) is 9.59 Å². The Bertz CT molecular complexity index is 347. The Balaban J connectivity index is 2.87. The molecule has 5 nitrogen and oxygen atoms in total. The van der Waals surface area contributed by atoms with Gasteiger partial charge in [-0.15, -0.1) is 0 Å². The highest BCUT2D eigenvalue weighted by molar-refractivity contribution is 5.89. The van der Waals surface area contributed by atoms with Crippen molar-refractivity contribution in [2.75, 3.05) is 26.7 Å². The molecule has 122 valence electrons. The van der Waals surface area contributed by atoms with Crippen LogP contribution in [0.15, 0.2) is 0 Å². The Morgan fingerprint density at radius 3 is 2.38 bits per heavy atom. The monoisotopic (exact) mass is 298 g/mol. The predicted molar refractivity (Wildman–Crippen MR) is 82.9 cm³/mol. The third kappa shape index (κ3) is 4.43. The molecule has 1 amide bonds. The number of amides is 1. The minimum atomic E-state index is -0.486. The Hall–Kier alpha value is -1.10. The molecule has 1 saturated heterocycles. The lowest BCUT2D eigenvalue weighted by Crippen LogP contribution is -2.56. The first kappa shape index (κ1) is 18.0. The first-order valence-corrected chi connectivity index (χ1v) is 8.14. The summed E-state index contributed by atoms with van der Waals surface area (Å²) in [6, 6.07) is 0. The molecule has 0 aromatic carbocycles. The van der Waals surface area contributed by atoms with Crippen LogP contribution in [0.4, 0.5) is 0 Å². The first-order chi connectivity index (χ1) is 10.0. The van der Waals surface area contributed by atoms with Crippen LogP contribution < -0.4 is 5.32 Å². The second-order valence-electron chi connectivity index (χ2n) is 5.91. The van der Waals surface area contributed by atoms with E-state index in [1.807, 2.05) is 6.92 Å². The zero-order valence-corrected chi connectivity index (χ0v) is 13.9. The van der Waals surface area contributed by atoms with Crippen molar-refractivity contribution in [3.8, 4) is 0 Å². The van der Waals surface area contributed by atoms with Gasteiger partial charge in [-0.2, -0.15) is 0 Å². The molecular formula is C16H30N2O3. The van der Waals surface area contributed by atoms with Crippen LogP contribution in [0.2, 0.25) is 0 Å². The van der Waals surface area contributed by atoms with Gasteiger partial charge >= 0.3 is 5.97 Å². The molecule has 0 aromatic rings. The van der Waals surface area contributed by atoms with Gasteiger partial charge in [-0.3, -0.25) is 9.59 Å². The number of hydrogen-bond donors (Lipinski definition) is 1. The summed E-state index contributed by atoms with van der Waals surface area (Å²) in [5.41, 5.74) is -0.486. The van der Waals surface area contributed by atoms with E-state index in [-0.39, 0.29) is 18.4 Å². The van der Waals surface area contributed by atoms with Gasteiger partial charge in [0.05, 0.1) is 12.6 Å². The second kappa shape index (κ2) is 8.37. The Labute approximate surface area is 128 Å². The Kier molecular flexibility index (Phi) is 7.15. The van der Waals surface area contributed by atoms with Gasteiger partial charge < -0.3 is 15.0 Å². The summed E-state index contributed by atoms with van der Waals surface area (Å²) in [4.78, 5) is 26.3. The number of methoxy groups -OCH3 is 1. The average molecular weight is 298 g/mol. The van der Waals surface area contributed by atoms with Crippen LogP contribution in [-0.4, -0.2) is 49.1 Å². The summed E-state index contributed by atoms with van der Waals surface area (Å²) in [6.45, 7) is 7.83. The van der Waals surface area contributed by atoms with Crippen molar-refractivity contribution >= 4 is 11.9 Å². The van der Waals surface area contributed by atoms with E-state index in [1.165, 1.54) is 7.11 Å². The van der Waals surface area contributed by atoms with Crippen molar-refractivity contribution in [1.82, 2.24) is 10.2 Å². The second-order valence-corrected chi connectivity index (χ2v) is 5.91. The van der Waals surface area contributed by atoms with Gasteiger partial charge in [0.1, 0.15) is 6.54 Å². The molecule has 5 heteroatoms. The van der Waals surface area contributed by atoms with E-state index < -0.39 is 5.54 Å². The van der Waals surface area contributed by atoms with Crippen LogP contribution in [-0.2, 0) is 14.3 Å². The lowest BCUT2D eigenvalue weighted by Gasteiger charge is -2.35. The number of esters is 1. The fourth-order valence-electron chi connectivity index (χ4n) is 3.04. The SMILES string of the molecule is CCC(CC)CN(CC(=O)OC)C(=O)C1(CC)CCCN1. The molecule has 1 atom stereocenters. The van der Waals surface area contributed by atoms with E-state index in [1.54, 1.807) is 4.90 Å². The number of ether oxygens (including phenoxy) is 1. The molecule has 1 aliphatic rings. The lowest BCUT2D eigenvalue weighted by molar-refractivity contribution is -0.150. The summed E-state index contributed by atoms with van der Waals surface area (Å²) in [6.07, 6.45) is 4.63. The molecule has 21 heavy (non-hydrogen) atoms. The Morgan fingerprint density at radius 2 is 1.95 bits per heavy atom. The van der Waals surface area contributed by atoms with Gasteiger partial charge in [0, 0.05) is 6.54 Å². The fourth-order valence-corrected chi connectivity index (χ4v) is 3.04. The highest BCUT2D eigenvalue weighted by atomic mass is 16.5. The molecule has 0 saturated carbocycles. The third-order valence-electron chi connectivity index (χ3n) is 4.72. The number of nitrogens with one attached hydrogen (secondary N) is 1. The van der Waals surface area contributed by atoms with Crippen molar-refractivity contribution in [3.63, 3.8) is 0 Å². The molecule has 0 radical (unpaired) electrons. The summed E-state index contributed by atoms with van der Waals surface area (Å²) in [5.74, 6) is 0.132.